The molecule has 1 aromatic carbocycles. The Hall–Kier alpha value is -2.22. The maximum atomic E-state index is 12.9. The molecule has 0 bridgehead atoms. The predicted molar refractivity (Wildman–Crippen MR) is 83.0 cm³/mol. The van der Waals surface area contributed by atoms with Crippen LogP contribution in [0.1, 0.15) is 11.4 Å². The topological polar surface area (TPSA) is 75.2 Å². The molecule has 1 aromatic heterocycles. The predicted octanol–water partition coefficient (Wildman–Crippen LogP) is 2.10. The van der Waals surface area contributed by atoms with E-state index < -0.39 is 15.8 Å². The van der Waals surface area contributed by atoms with Crippen LogP contribution in [0.5, 0.6) is 0 Å². The highest BCUT2D eigenvalue weighted by Gasteiger charge is 2.18. The van der Waals surface area contributed by atoms with E-state index >= 15 is 0 Å². The zero-order chi connectivity index (χ0) is 16.5. The summed E-state index contributed by atoms with van der Waals surface area (Å²) < 4.78 is 40.0. The van der Waals surface area contributed by atoms with Crippen molar-refractivity contribution in [3.63, 3.8) is 0 Å². The van der Waals surface area contributed by atoms with Crippen molar-refractivity contribution in [3.8, 4) is 0 Å². The first kappa shape index (κ1) is 16.2. The second kappa shape index (κ2) is 5.88. The van der Waals surface area contributed by atoms with Crippen molar-refractivity contribution in [1.29, 1.82) is 0 Å². The van der Waals surface area contributed by atoms with Crippen LogP contribution in [0.25, 0.3) is 0 Å². The second-order valence-corrected chi connectivity index (χ2v) is 6.71. The SMILES string of the molecule is Cc1nc(N(C)C)nc(C)c1NS(=O)(=O)c1ccc(F)cc1. The molecule has 2 rings (SSSR count). The first-order chi connectivity index (χ1) is 10.2. The third-order valence-electron chi connectivity index (χ3n) is 3.02. The molecule has 0 unspecified atom stereocenters. The number of hydrogen-bond donors (Lipinski definition) is 1. The molecule has 0 amide bonds. The van der Waals surface area contributed by atoms with E-state index in [-0.39, 0.29) is 4.90 Å². The summed E-state index contributed by atoms with van der Waals surface area (Å²) in [5.74, 6) is 0.00436. The van der Waals surface area contributed by atoms with E-state index in [1.54, 1.807) is 32.8 Å². The van der Waals surface area contributed by atoms with Crippen LogP contribution in [0.4, 0.5) is 16.0 Å². The largest absolute Gasteiger partial charge is 0.347 e. The Kier molecular flexibility index (Phi) is 4.32. The van der Waals surface area contributed by atoms with E-state index in [1.807, 2.05) is 0 Å². The number of aromatic nitrogens is 2. The molecule has 0 aliphatic heterocycles. The van der Waals surface area contributed by atoms with Gasteiger partial charge >= 0.3 is 0 Å². The molecule has 22 heavy (non-hydrogen) atoms. The average molecular weight is 324 g/mol. The van der Waals surface area contributed by atoms with Gasteiger partial charge in [0.2, 0.25) is 5.95 Å². The van der Waals surface area contributed by atoms with Gasteiger partial charge in [0.15, 0.2) is 0 Å². The molecule has 0 saturated heterocycles. The molecule has 0 radical (unpaired) electrons. The maximum absolute atomic E-state index is 12.9. The zero-order valence-electron chi connectivity index (χ0n) is 12.8. The first-order valence-corrected chi connectivity index (χ1v) is 8.00. The molecule has 8 heteroatoms. The van der Waals surface area contributed by atoms with Gasteiger partial charge < -0.3 is 4.90 Å². The quantitative estimate of drug-likeness (QED) is 0.932. The van der Waals surface area contributed by atoms with Gasteiger partial charge in [-0.1, -0.05) is 0 Å². The van der Waals surface area contributed by atoms with Gasteiger partial charge in [-0.25, -0.2) is 22.8 Å². The monoisotopic (exact) mass is 324 g/mol. The van der Waals surface area contributed by atoms with Gasteiger partial charge in [0, 0.05) is 14.1 Å². The van der Waals surface area contributed by atoms with Crippen LogP contribution in [-0.2, 0) is 10.0 Å². The van der Waals surface area contributed by atoms with E-state index in [1.165, 1.54) is 12.1 Å². The summed E-state index contributed by atoms with van der Waals surface area (Å²) in [5.41, 5.74) is 1.36. The van der Waals surface area contributed by atoms with Gasteiger partial charge in [0.05, 0.1) is 22.0 Å². The highest BCUT2D eigenvalue weighted by Crippen LogP contribution is 2.23. The number of hydrogen-bond acceptors (Lipinski definition) is 5. The molecule has 2 aromatic rings. The molecule has 0 aliphatic rings. The van der Waals surface area contributed by atoms with Gasteiger partial charge in [0.1, 0.15) is 5.82 Å². The fourth-order valence-electron chi connectivity index (χ4n) is 1.85. The van der Waals surface area contributed by atoms with Crippen molar-refractivity contribution in [2.45, 2.75) is 18.7 Å². The number of nitrogens with one attached hydrogen (secondary N) is 1. The smallest absolute Gasteiger partial charge is 0.262 e. The minimum atomic E-state index is -3.82. The Bertz CT molecular complexity index is 766. The van der Waals surface area contributed by atoms with Gasteiger partial charge in [-0.3, -0.25) is 4.72 Å². The summed E-state index contributed by atoms with van der Waals surface area (Å²) in [6, 6.07) is 4.61. The number of anilines is 2. The molecule has 0 aliphatic carbocycles. The van der Waals surface area contributed by atoms with Crippen molar-refractivity contribution in [2.75, 3.05) is 23.7 Å². The molecular formula is C14H17FN4O2S. The maximum Gasteiger partial charge on any atom is 0.262 e. The molecule has 1 heterocycles. The lowest BCUT2D eigenvalue weighted by atomic mass is 10.3. The third-order valence-corrected chi connectivity index (χ3v) is 4.39. The van der Waals surface area contributed by atoms with Crippen molar-refractivity contribution in [1.82, 2.24) is 9.97 Å². The fourth-order valence-corrected chi connectivity index (χ4v) is 3.03. The van der Waals surface area contributed by atoms with Gasteiger partial charge in [-0.15, -0.1) is 0 Å². The van der Waals surface area contributed by atoms with Crippen molar-refractivity contribution >= 4 is 21.7 Å². The Balaban J connectivity index is 2.40. The lowest BCUT2D eigenvalue weighted by Gasteiger charge is -2.16. The molecule has 0 saturated carbocycles. The summed E-state index contributed by atoms with van der Waals surface area (Å²) in [6.45, 7) is 3.40. The summed E-state index contributed by atoms with van der Waals surface area (Å²) in [7, 11) is -0.214. The van der Waals surface area contributed by atoms with Crippen LogP contribution < -0.4 is 9.62 Å². The number of aryl methyl sites for hydroxylation is 2. The Labute approximate surface area is 129 Å². The summed E-state index contributed by atoms with van der Waals surface area (Å²) >= 11 is 0. The lowest BCUT2D eigenvalue weighted by Crippen LogP contribution is -2.18. The van der Waals surface area contributed by atoms with Gasteiger partial charge in [0.25, 0.3) is 10.0 Å². The average Bonchev–Trinajstić information content (AvgIpc) is 2.43. The van der Waals surface area contributed by atoms with Crippen molar-refractivity contribution < 1.29 is 12.8 Å². The number of halogens is 1. The van der Waals surface area contributed by atoms with E-state index in [0.29, 0.717) is 23.0 Å². The Morgan fingerprint density at radius 2 is 1.55 bits per heavy atom. The van der Waals surface area contributed by atoms with Crippen LogP contribution >= 0.6 is 0 Å². The Morgan fingerprint density at radius 3 is 2.00 bits per heavy atom. The zero-order valence-corrected chi connectivity index (χ0v) is 13.6. The highest BCUT2D eigenvalue weighted by atomic mass is 32.2. The molecule has 6 nitrogen and oxygen atoms in total. The number of sulfonamides is 1. The first-order valence-electron chi connectivity index (χ1n) is 6.51. The van der Waals surface area contributed by atoms with E-state index in [0.717, 1.165) is 12.1 Å². The fraction of sp³-hybridized carbons (Fsp3) is 0.286. The summed E-state index contributed by atoms with van der Waals surface area (Å²) in [4.78, 5) is 10.2. The number of benzene rings is 1. The normalized spacial score (nSPS) is 11.3. The molecule has 118 valence electrons. The molecular weight excluding hydrogens is 307 g/mol. The van der Waals surface area contributed by atoms with Crippen LogP contribution in [0.15, 0.2) is 29.2 Å². The Morgan fingerprint density at radius 1 is 1.05 bits per heavy atom. The van der Waals surface area contributed by atoms with Crippen LogP contribution in [-0.4, -0.2) is 32.5 Å². The molecule has 0 spiro atoms. The highest BCUT2D eigenvalue weighted by molar-refractivity contribution is 7.92. The van der Waals surface area contributed by atoms with Crippen molar-refractivity contribution in [2.24, 2.45) is 0 Å². The lowest BCUT2D eigenvalue weighted by molar-refractivity contribution is 0.599. The number of rotatable bonds is 4. The minimum Gasteiger partial charge on any atom is -0.347 e. The summed E-state index contributed by atoms with van der Waals surface area (Å²) in [6.07, 6.45) is 0. The minimum absolute atomic E-state index is 0.0237. The van der Waals surface area contributed by atoms with Gasteiger partial charge in [-0.2, -0.15) is 0 Å². The van der Waals surface area contributed by atoms with E-state index in [4.69, 9.17) is 0 Å². The summed E-state index contributed by atoms with van der Waals surface area (Å²) in [5, 5.41) is 0. The van der Waals surface area contributed by atoms with Gasteiger partial charge in [-0.05, 0) is 38.1 Å². The van der Waals surface area contributed by atoms with E-state index in [9.17, 15) is 12.8 Å². The van der Waals surface area contributed by atoms with Crippen LogP contribution in [0.2, 0.25) is 0 Å². The van der Waals surface area contributed by atoms with Crippen LogP contribution in [0.3, 0.4) is 0 Å². The molecule has 1 N–H and O–H groups in total. The van der Waals surface area contributed by atoms with E-state index in [2.05, 4.69) is 14.7 Å². The third kappa shape index (κ3) is 3.33. The van der Waals surface area contributed by atoms with Crippen LogP contribution in [0, 0.1) is 19.7 Å². The van der Waals surface area contributed by atoms with Crippen molar-refractivity contribution in [3.05, 3.63) is 41.5 Å². The number of nitrogens with zero attached hydrogens (tertiary/aromatic N) is 3. The second-order valence-electron chi connectivity index (χ2n) is 5.02. The molecule has 0 fully saturated rings. The molecule has 0 atom stereocenters. The standard InChI is InChI=1S/C14H17FN4O2S/c1-9-13(10(2)17-14(16-9)19(3)4)18-22(20,21)12-7-5-11(15)6-8-12/h5-8,18H,1-4H3.